The smallest absolute Gasteiger partial charge is 0.253 e. The molecule has 0 bridgehead atoms. The maximum absolute atomic E-state index is 12.5. The standard InChI is InChI=1S/C17H26N2O/c1-4-18-15-8-10-16(11-9-15)19(3)17(20)14-7-5-6-13(2)12-14/h5-7,12,15-16,18H,4,8-11H2,1-3H3. The molecule has 1 aromatic rings. The molecule has 1 amide bonds. The Balaban J connectivity index is 1.95. The van der Waals surface area contributed by atoms with Crippen LogP contribution in [-0.4, -0.2) is 36.5 Å². The highest BCUT2D eigenvalue weighted by molar-refractivity contribution is 5.94. The molecule has 0 heterocycles. The van der Waals surface area contributed by atoms with Crippen molar-refractivity contribution < 1.29 is 4.79 Å². The van der Waals surface area contributed by atoms with Crippen LogP contribution >= 0.6 is 0 Å². The van der Waals surface area contributed by atoms with E-state index in [1.165, 1.54) is 12.8 Å². The molecule has 1 N–H and O–H groups in total. The van der Waals surface area contributed by atoms with Crippen molar-refractivity contribution in [3.8, 4) is 0 Å². The number of hydrogen-bond donors (Lipinski definition) is 1. The Kier molecular flexibility index (Phi) is 5.18. The van der Waals surface area contributed by atoms with Crippen LogP contribution in [0.25, 0.3) is 0 Å². The van der Waals surface area contributed by atoms with Crippen molar-refractivity contribution in [1.29, 1.82) is 0 Å². The van der Waals surface area contributed by atoms with Crippen LogP contribution in [0.15, 0.2) is 24.3 Å². The summed E-state index contributed by atoms with van der Waals surface area (Å²) in [6.45, 7) is 5.21. The van der Waals surface area contributed by atoms with E-state index in [-0.39, 0.29) is 5.91 Å². The predicted molar refractivity (Wildman–Crippen MR) is 83.0 cm³/mol. The number of benzene rings is 1. The summed E-state index contributed by atoms with van der Waals surface area (Å²) in [5.41, 5.74) is 1.95. The lowest BCUT2D eigenvalue weighted by atomic mass is 9.90. The minimum Gasteiger partial charge on any atom is -0.339 e. The molecule has 0 aromatic heterocycles. The summed E-state index contributed by atoms with van der Waals surface area (Å²) in [4.78, 5) is 14.5. The van der Waals surface area contributed by atoms with Crippen LogP contribution in [0.5, 0.6) is 0 Å². The van der Waals surface area contributed by atoms with E-state index in [1.54, 1.807) is 0 Å². The number of hydrogen-bond acceptors (Lipinski definition) is 2. The largest absolute Gasteiger partial charge is 0.339 e. The van der Waals surface area contributed by atoms with Crippen molar-refractivity contribution in [2.45, 2.75) is 51.6 Å². The molecule has 3 heteroatoms. The van der Waals surface area contributed by atoms with Gasteiger partial charge in [0, 0.05) is 24.7 Å². The lowest BCUT2D eigenvalue weighted by molar-refractivity contribution is 0.0684. The molecule has 1 fully saturated rings. The van der Waals surface area contributed by atoms with Crippen molar-refractivity contribution in [2.24, 2.45) is 0 Å². The lowest BCUT2D eigenvalue weighted by Gasteiger charge is -2.35. The molecule has 1 aliphatic rings. The van der Waals surface area contributed by atoms with E-state index in [0.717, 1.165) is 30.5 Å². The van der Waals surface area contributed by atoms with Gasteiger partial charge in [-0.2, -0.15) is 0 Å². The minimum absolute atomic E-state index is 0.153. The third kappa shape index (κ3) is 3.60. The summed E-state index contributed by atoms with van der Waals surface area (Å²) in [7, 11) is 1.95. The Morgan fingerprint density at radius 3 is 2.60 bits per heavy atom. The maximum Gasteiger partial charge on any atom is 0.253 e. The van der Waals surface area contributed by atoms with Gasteiger partial charge in [0.25, 0.3) is 5.91 Å². The fourth-order valence-corrected chi connectivity index (χ4v) is 3.10. The number of amides is 1. The minimum atomic E-state index is 0.153. The second kappa shape index (κ2) is 6.89. The zero-order valence-electron chi connectivity index (χ0n) is 12.9. The van der Waals surface area contributed by atoms with E-state index < -0.39 is 0 Å². The SMILES string of the molecule is CCNC1CCC(N(C)C(=O)c2cccc(C)c2)CC1. The molecule has 0 atom stereocenters. The van der Waals surface area contributed by atoms with Crippen molar-refractivity contribution in [1.82, 2.24) is 10.2 Å². The average molecular weight is 274 g/mol. The van der Waals surface area contributed by atoms with E-state index in [9.17, 15) is 4.79 Å². The molecule has 110 valence electrons. The highest BCUT2D eigenvalue weighted by Gasteiger charge is 2.26. The first-order valence-electron chi connectivity index (χ1n) is 7.69. The van der Waals surface area contributed by atoms with Gasteiger partial charge in [-0.25, -0.2) is 0 Å². The van der Waals surface area contributed by atoms with Crippen molar-refractivity contribution in [3.63, 3.8) is 0 Å². The zero-order chi connectivity index (χ0) is 14.5. The van der Waals surface area contributed by atoms with Gasteiger partial charge in [-0.05, 0) is 51.3 Å². The molecule has 0 spiro atoms. The van der Waals surface area contributed by atoms with Gasteiger partial charge < -0.3 is 10.2 Å². The van der Waals surface area contributed by atoms with E-state index in [4.69, 9.17) is 0 Å². The summed E-state index contributed by atoms with van der Waals surface area (Å²) in [5, 5.41) is 3.51. The molecule has 0 unspecified atom stereocenters. The van der Waals surface area contributed by atoms with Gasteiger partial charge >= 0.3 is 0 Å². The van der Waals surface area contributed by atoms with Crippen LogP contribution in [0.2, 0.25) is 0 Å². The summed E-state index contributed by atoms with van der Waals surface area (Å²) >= 11 is 0. The molecule has 1 saturated carbocycles. The van der Waals surface area contributed by atoms with Gasteiger partial charge in [0.1, 0.15) is 0 Å². The number of rotatable bonds is 4. The molecule has 20 heavy (non-hydrogen) atoms. The van der Waals surface area contributed by atoms with Crippen LogP contribution in [0.3, 0.4) is 0 Å². The number of nitrogens with one attached hydrogen (secondary N) is 1. The van der Waals surface area contributed by atoms with Crippen LogP contribution in [0.1, 0.15) is 48.5 Å². The zero-order valence-corrected chi connectivity index (χ0v) is 12.9. The Morgan fingerprint density at radius 1 is 1.30 bits per heavy atom. The highest BCUT2D eigenvalue weighted by atomic mass is 16.2. The van der Waals surface area contributed by atoms with Crippen LogP contribution in [0, 0.1) is 6.92 Å². The van der Waals surface area contributed by atoms with Crippen molar-refractivity contribution >= 4 is 5.91 Å². The highest BCUT2D eigenvalue weighted by Crippen LogP contribution is 2.23. The summed E-state index contributed by atoms with van der Waals surface area (Å²) in [6.07, 6.45) is 4.55. The number of nitrogens with zero attached hydrogens (tertiary/aromatic N) is 1. The first-order valence-corrected chi connectivity index (χ1v) is 7.69. The molecule has 0 radical (unpaired) electrons. The monoisotopic (exact) mass is 274 g/mol. The molecule has 1 aliphatic carbocycles. The molecule has 3 nitrogen and oxygen atoms in total. The quantitative estimate of drug-likeness (QED) is 0.915. The van der Waals surface area contributed by atoms with E-state index in [1.807, 2.05) is 43.1 Å². The normalized spacial score (nSPS) is 22.6. The fourth-order valence-electron chi connectivity index (χ4n) is 3.10. The first kappa shape index (κ1) is 15.0. The Bertz CT molecular complexity index is 450. The van der Waals surface area contributed by atoms with Crippen molar-refractivity contribution in [2.75, 3.05) is 13.6 Å². The topological polar surface area (TPSA) is 32.3 Å². The number of aryl methyl sites for hydroxylation is 1. The van der Waals surface area contributed by atoms with Gasteiger partial charge in [-0.3, -0.25) is 4.79 Å². The Morgan fingerprint density at radius 2 is 2.00 bits per heavy atom. The summed E-state index contributed by atoms with van der Waals surface area (Å²) in [6, 6.07) is 8.90. The van der Waals surface area contributed by atoms with Crippen molar-refractivity contribution in [3.05, 3.63) is 35.4 Å². The van der Waals surface area contributed by atoms with E-state index >= 15 is 0 Å². The third-order valence-corrected chi connectivity index (χ3v) is 4.32. The van der Waals surface area contributed by atoms with Crippen LogP contribution in [0.4, 0.5) is 0 Å². The van der Waals surface area contributed by atoms with E-state index in [2.05, 4.69) is 12.2 Å². The second-order valence-corrected chi connectivity index (χ2v) is 5.85. The lowest BCUT2D eigenvalue weighted by Crippen LogP contribution is -2.43. The molecule has 0 saturated heterocycles. The number of carbonyl (C=O) groups excluding carboxylic acids is 1. The Labute approximate surface area is 122 Å². The summed E-state index contributed by atoms with van der Waals surface area (Å²) in [5.74, 6) is 0.153. The fraction of sp³-hybridized carbons (Fsp3) is 0.588. The summed E-state index contributed by atoms with van der Waals surface area (Å²) < 4.78 is 0. The van der Waals surface area contributed by atoms with E-state index in [0.29, 0.717) is 12.1 Å². The number of carbonyl (C=O) groups is 1. The van der Waals surface area contributed by atoms with Gasteiger partial charge in [-0.15, -0.1) is 0 Å². The Hall–Kier alpha value is -1.35. The third-order valence-electron chi connectivity index (χ3n) is 4.32. The van der Waals surface area contributed by atoms with Gasteiger partial charge in [0.05, 0.1) is 0 Å². The molecular weight excluding hydrogens is 248 g/mol. The molecule has 1 aromatic carbocycles. The average Bonchev–Trinajstić information content (AvgIpc) is 2.47. The second-order valence-electron chi connectivity index (χ2n) is 5.85. The predicted octanol–water partition coefficient (Wildman–Crippen LogP) is 2.99. The van der Waals surface area contributed by atoms with Gasteiger partial charge in [0.2, 0.25) is 0 Å². The van der Waals surface area contributed by atoms with Gasteiger partial charge in [0.15, 0.2) is 0 Å². The van der Waals surface area contributed by atoms with Crippen LogP contribution < -0.4 is 5.32 Å². The van der Waals surface area contributed by atoms with Crippen LogP contribution in [-0.2, 0) is 0 Å². The molecule has 2 rings (SSSR count). The molecular formula is C17H26N2O. The van der Waals surface area contributed by atoms with Gasteiger partial charge in [-0.1, -0.05) is 24.6 Å². The maximum atomic E-state index is 12.5. The first-order chi connectivity index (χ1) is 9.61. The molecule has 0 aliphatic heterocycles.